The Balaban J connectivity index is 1.93. The number of hydrogen-bond acceptors (Lipinski definition) is 4. The molecule has 27 heavy (non-hydrogen) atoms. The molecule has 1 saturated carbocycles. The van der Waals surface area contributed by atoms with Gasteiger partial charge >= 0.3 is 6.18 Å². The lowest BCUT2D eigenvalue weighted by atomic mass is 9.80. The van der Waals surface area contributed by atoms with Crippen LogP contribution in [0.1, 0.15) is 56.0 Å². The smallest absolute Gasteiger partial charge is 0.388 e. The van der Waals surface area contributed by atoms with E-state index < -0.39 is 23.2 Å². The van der Waals surface area contributed by atoms with Crippen molar-refractivity contribution in [2.45, 2.75) is 64.3 Å². The standard InChI is InChI=1S/C18H23F3N4O2/c1-10(2)13-7-12(18(19,20)21)15-11(3)24-25(16(15)23-13)8-14(26)22-9-17(27)5-4-6-17/h7,10,27H,4-6,8-9H2,1-3H3,(H,22,26). The third kappa shape index (κ3) is 3.92. The molecule has 2 aromatic rings. The van der Waals surface area contributed by atoms with Gasteiger partial charge in [-0.05, 0) is 38.2 Å². The Labute approximate surface area is 154 Å². The van der Waals surface area contributed by atoms with Crippen LogP contribution in [-0.4, -0.2) is 37.9 Å². The average molecular weight is 384 g/mol. The highest BCUT2D eigenvalue weighted by Gasteiger charge is 2.36. The van der Waals surface area contributed by atoms with Crippen molar-refractivity contribution in [2.24, 2.45) is 0 Å². The molecule has 1 amide bonds. The van der Waals surface area contributed by atoms with Gasteiger partial charge in [0.1, 0.15) is 6.54 Å². The van der Waals surface area contributed by atoms with Crippen LogP contribution in [-0.2, 0) is 17.5 Å². The monoisotopic (exact) mass is 384 g/mol. The minimum absolute atomic E-state index is 0.0449. The number of hydrogen-bond donors (Lipinski definition) is 2. The van der Waals surface area contributed by atoms with Crippen molar-refractivity contribution in [3.05, 3.63) is 23.0 Å². The number of nitrogens with one attached hydrogen (secondary N) is 1. The highest BCUT2D eigenvalue weighted by atomic mass is 19.4. The van der Waals surface area contributed by atoms with Gasteiger partial charge in [-0.1, -0.05) is 13.8 Å². The lowest BCUT2D eigenvalue weighted by Crippen LogP contribution is -2.48. The number of alkyl halides is 3. The highest BCUT2D eigenvalue weighted by Crippen LogP contribution is 2.37. The number of nitrogens with zero attached hydrogens (tertiary/aromatic N) is 3. The number of aliphatic hydroxyl groups is 1. The topological polar surface area (TPSA) is 80.0 Å². The minimum Gasteiger partial charge on any atom is -0.388 e. The van der Waals surface area contributed by atoms with Crippen molar-refractivity contribution in [1.29, 1.82) is 0 Å². The zero-order chi connectivity index (χ0) is 20.0. The second-order valence-electron chi connectivity index (χ2n) is 7.54. The summed E-state index contributed by atoms with van der Waals surface area (Å²) < 4.78 is 41.8. The van der Waals surface area contributed by atoms with Gasteiger partial charge in [0.2, 0.25) is 5.91 Å². The number of pyridine rings is 1. The van der Waals surface area contributed by atoms with Gasteiger partial charge < -0.3 is 10.4 Å². The van der Waals surface area contributed by atoms with Crippen LogP contribution in [0.3, 0.4) is 0 Å². The quantitative estimate of drug-likeness (QED) is 0.831. The van der Waals surface area contributed by atoms with Crippen molar-refractivity contribution in [1.82, 2.24) is 20.1 Å². The SMILES string of the molecule is Cc1nn(CC(=O)NCC2(O)CCC2)c2nc(C(C)C)cc(C(F)(F)F)c12. The first-order valence-electron chi connectivity index (χ1n) is 8.94. The molecule has 9 heteroatoms. The maximum absolute atomic E-state index is 13.5. The third-order valence-electron chi connectivity index (χ3n) is 4.99. The van der Waals surface area contributed by atoms with E-state index in [-0.39, 0.29) is 35.7 Å². The predicted octanol–water partition coefficient (Wildman–Crippen LogP) is 2.91. The van der Waals surface area contributed by atoms with Crippen molar-refractivity contribution in [3.63, 3.8) is 0 Å². The molecular weight excluding hydrogens is 361 g/mol. The first-order chi connectivity index (χ1) is 12.5. The van der Waals surface area contributed by atoms with Gasteiger partial charge in [-0.25, -0.2) is 9.67 Å². The zero-order valence-corrected chi connectivity index (χ0v) is 15.5. The molecule has 0 aromatic carbocycles. The van der Waals surface area contributed by atoms with Crippen molar-refractivity contribution in [2.75, 3.05) is 6.54 Å². The fraction of sp³-hybridized carbons (Fsp3) is 0.611. The van der Waals surface area contributed by atoms with Gasteiger partial charge in [0.25, 0.3) is 0 Å². The number of carbonyl (C=O) groups is 1. The lowest BCUT2D eigenvalue weighted by molar-refractivity contribution is -0.136. The lowest BCUT2D eigenvalue weighted by Gasteiger charge is -2.36. The van der Waals surface area contributed by atoms with Crippen LogP contribution in [0.25, 0.3) is 11.0 Å². The molecule has 0 atom stereocenters. The second kappa shape index (κ2) is 6.78. The molecule has 0 spiro atoms. The Morgan fingerprint density at radius 3 is 2.59 bits per heavy atom. The Morgan fingerprint density at radius 1 is 1.41 bits per heavy atom. The highest BCUT2D eigenvalue weighted by molar-refractivity contribution is 5.85. The molecule has 2 N–H and O–H groups in total. The number of fused-ring (bicyclic) bond motifs is 1. The number of halogens is 3. The van der Waals surface area contributed by atoms with Crippen molar-refractivity contribution in [3.8, 4) is 0 Å². The fourth-order valence-electron chi connectivity index (χ4n) is 3.22. The summed E-state index contributed by atoms with van der Waals surface area (Å²) in [5.74, 6) is -0.633. The third-order valence-corrected chi connectivity index (χ3v) is 4.99. The number of carbonyl (C=O) groups excluding carboxylic acids is 1. The zero-order valence-electron chi connectivity index (χ0n) is 15.5. The van der Waals surface area contributed by atoms with Crippen LogP contribution in [0.5, 0.6) is 0 Å². The van der Waals surface area contributed by atoms with Crippen molar-refractivity contribution >= 4 is 16.9 Å². The molecule has 148 valence electrons. The van der Waals surface area contributed by atoms with E-state index in [0.29, 0.717) is 18.5 Å². The summed E-state index contributed by atoms with van der Waals surface area (Å²) in [5, 5.41) is 16.7. The van der Waals surface area contributed by atoms with E-state index in [1.54, 1.807) is 13.8 Å². The van der Waals surface area contributed by atoms with Crippen LogP contribution in [0.2, 0.25) is 0 Å². The molecule has 0 aliphatic heterocycles. The summed E-state index contributed by atoms with van der Waals surface area (Å²) in [4.78, 5) is 16.5. The van der Waals surface area contributed by atoms with Crippen LogP contribution >= 0.6 is 0 Å². The van der Waals surface area contributed by atoms with E-state index in [1.165, 1.54) is 11.6 Å². The van der Waals surface area contributed by atoms with Crippen molar-refractivity contribution < 1.29 is 23.1 Å². The molecule has 6 nitrogen and oxygen atoms in total. The van der Waals surface area contributed by atoms with Crippen LogP contribution < -0.4 is 5.32 Å². The molecule has 0 radical (unpaired) electrons. The minimum atomic E-state index is -4.54. The maximum atomic E-state index is 13.5. The van der Waals surface area contributed by atoms with Gasteiger partial charge in [0, 0.05) is 12.2 Å². The molecule has 2 aromatic heterocycles. The fourth-order valence-corrected chi connectivity index (χ4v) is 3.22. The van der Waals surface area contributed by atoms with E-state index >= 15 is 0 Å². The summed E-state index contributed by atoms with van der Waals surface area (Å²) >= 11 is 0. The Bertz CT molecular complexity index is 870. The van der Waals surface area contributed by atoms with Gasteiger partial charge in [-0.2, -0.15) is 18.3 Å². The van der Waals surface area contributed by atoms with E-state index in [1.807, 2.05) is 0 Å². The van der Waals surface area contributed by atoms with E-state index in [0.717, 1.165) is 12.5 Å². The molecule has 0 bridgehead atoms. The Morgan fingerprint density at radius 2 is 2.07 bits per heavy atom. The Hall–Kier alpha value is -2.16. The normalized spacial score (nSPS) is 16.6. The molecule has 1 aliphatic rings. The van der Waals surface area contributed by atoms with E-state index in [4.69, 9.17) is 0 Å². The van der Waals surface area contributed by atoms with E-state index in [9.17, 15) is 23.1 Å². The van der Waals surface area contributed by atoms with Gasteiger partial charge in [-0.15, -0.1) is 0 Å². The molecule has 3 rings (SSSR count). The van der Waals surface area contributed by atoms with Gasteiger partial charge in [-0.3, -0.25) is 4.79 Å². The summed E-state index contributed by atoms with van der Waals surface area (Å²) in [6.07, 6.45) is -2.37. The molecule has 1 aliphatic carbocycles. The summed E-state index contributed by atoms with van der Waals surface area (Å²) in [7, 11) is 0. The second-order valence-corrected chi connectivity index (χ2v) is 7.54. The molecule has 0 unspecified atom stereocenters. The van der Waals surface area contributed by atoms with Crippen LogP contribution in [0.15, 0.2) is 6.07 Å². The summed E-state index contributed by atoms with van der Waals surface area (Å²) in [5.41, 5.74) is -1.15. The number of amides is 1. The number of aromatic nitrogens is 3. The number of rotatable bonds is 5. The first kappa shape index (κ1) is 19.6. The largest absolute Gasteiger partial charge is 0.417 e. The molecule has 0 saturated heterocycles. The summed E-state index contributed by atoms with van der Waals surface area (Å²) in [6, 6.07) is 1.05. The molecule has 2 heterocycles. The van der Waals surface area contributed by atoms with E-state index in [2.05, 4.69) is 15.4 Å². The molecular formula is C18H23F3N4O2. The maximum Gasteiger partial charge on any atom is 0.417 e. The Kier molecular flexibility index (Phi) is 4.92. The number of aryl methyl sites for hydroxylation is 1. The van der Waals surface area contributed by atoms with Crippen LogP contribution in [0.4, 0.5) is 13.2 Å². The average Bonchev–Trinajstić information content (AvgIpc) is 2.85. The van der Waals surface area contributed by atoms with Crippen LogP contribution in [0, 0.1) is 6.92 Å². The van der Waals surface area contributed by atoms with Gasteiger partial charge in [0.05, 0.1) is 22.2 Å². The first-order valence-corrected chi connectivity index (χ1v) is 8.94. The predicted molar refractivity (Wildman–Crippen MR) is 93.2 cm³/mol. The van der Waals surface area contributed by atoms with Gasteiger partial charge in [0.15, 0.2) is 5.65 Å². The molecule has 1 fully saturated rings. The summed E-state index contributed by atoms with van der Waals surface area (Å²) in [6.45, 7) is 4.86.